The molecule has 2 aromatic heterocycles. The summed E-state index contributed by atoms with van der Waals surface area (Å²) in [6.45, 7) is 5.93. The summed E-state index contributed by atoms with van der Waals surface area (Å²) >= 11 is 1.55. The van der Waals surface area contributed by atoms with Gasteiger partial charge in [0.05, 0.1) is 6.54 Å². The van der Waals surface area contributed by atoms with Gasteiger partial charge in [-0.3, -0.25) is 0 Å². The number of fused-ring (bicyclic) bond motifs is 2. The zero-order valence-electron chi connectivity index (χ0n) is 16.0. The standard InChI is InChI=1S/C22H22N4OS/c1-14-7-9-17(10-8-14)19(20-21(27)26-22(28-20)23-15(2)24-26)25-12-11-16-5-3-4-6-18(16)13-25/h3-10,19,27H,11-13H2,1-2H3/p+1/t19-/m0/s1. The maximum absolute atomic E-state index is 11.0. The van der Waals surface area contributed by atoms with Gasteiger partial charge in [0.15, 0.2) is 6.04 Å². The zero-order chi connectivity index (χ0) is 19.3. The molecule has 28 heavy (non-hydrogen) atoms. The topological polar surface area (TPSA) is 54.9 Å². The Morgan fingerprint density at radius 2 is 1.82 bits per heavy atom. The van der Waals surface area contributed by atoms with Gasteiger partial charge in [0.25, 0.3) is 0 Å². The molecular weight excluding hydrogens is 368 g/mol. The first-order chi connectivity index (χ1) is 13.6. The molecule has 6 heteroatoms. The van der Waals surface area contributed by atoms with Crippen LogP contribution < -0.4 is 4.90 Å². The minimum Gasteiger partial charge on any atom is -0.492 e. The van der Waals surface area contributed by atoms with Crippen LogP contribution in [0, 0.1) is 13.8 Å². The Hall–Kier alpha value is -2.70. The van der Waals surface area contributed by atoms with Crippen molar-refractivity contribution in [2.45, 2.75) is 32.9 Å². The highest BCUT2D eigenvalue weighted by atomic mass is 32.1. The van der Waals surface area contributed by atoms with Gasteiger partial charge in [-0.2, -0.15) is 4.52 Å². The molecule has 0 amide bonds. The highest BCUT2D eigenvalue weighted by molar-refractivity contribution is 7.17. The molecule has 1 aliphatic rings. The molecule has 5 nitrogen and oxygen atoms in total. The molecule has 2 atom stereocenters. The van der Waals surface area contributed by atoms with Gasteiger partial charge in [-0.1, -0.05) is 65.4 Å². The van der Waals surface area contributed by atoms with Crippen molar-refractivity contribution in [1.29, 1.82) is 0 Å². The third-order valence-corrected chi connectivity index (χ3v) is 6.72. The fourth-order valence-corrected chi connectivity index (χ4v) is 5.40. The van der Waals surface area contributed by atoms with E-state index in [0.717, 1.165) is 29.3 Å². The Morgan fingerprint density at radius 1 is 1.07 bits per heavy atom. The fourth-order valence-electron chi connectivity index (χ4n) is 4.22. The van der Waals surface area contributed by atoms with Crippen LogP contribution in [0.4, 0.5) is 0 Å². The molecule has 2 aromatic carbocycles. The normalized spacial score (nSPS) is 17.6. The van der Waals surface area contributed by atoms with Crippen molar-refractivity contribution in [2.75, 3.05) is 6.54 Å². The van der Waals surface area contributed by atoms with Crippen LogP contribution in [0.25, 0.3) is 4.96 Å². The lowest BCUT2D eigenvalue weighted by atomic mass is 9.95. The number of rotatable bonds is 3. The lowest BCUT2D eigenvalue weighted by Gasteiger charge is -2.32. The van der Waals surface area contributed by atoms with Crippen LogP contribution in [-0.4, -0.2) is 26.2 Å². The number of aromatic hydroxyl groups is 1. The molecule has 0 radical (unpaired) electrons. The highest BCUT2D eigenvalue weighted by Crippen LogP contribution is 2.35. The maximum Gasteiger partial charge on any atom is 0.235 e. The largest absolute Gasteiger partial charge is 0.492 e. The van der Waals surface area contributed by atoms with Crippen LogP contribution in [0.5, 0.6) is 5.88 Å². The maximum atomic E-state index is 11.0. The predicted molar refractivity (Wildman–Crippen MR) is 110 cm³/mol. The summed E-state index contributed by atoms with van der Waals surface area (Å²) in [6.07, 6.45) is 1.05. The number of nitrogens with one attached hydrogen (secondary N) is 1. The van der Waals surface area contributed by atoms with Crippen LogP contribution in [0.15, 0.2) is 48.5 Å². The summed E-state index contributed by atoms with van der Waals surface area (Å²) in [5.74, 6) is 0.900. The van der Waals surface area contributed by atoms with Crippen molar-refractivity contribution in [3.8, 4) is 5.88 Å². The number of aryl methyl sites for hydroxylation is 2. The van der Waals surface area contributed by atoms with E-state index in [2.05, 4.69) is 65.5 Å². The Kier molecular flexibility index (Phi) is 4.18. The average Bonchev–Trinajstić information content (AvgIpc) is 3.21. The Labute approximate surface area is 167 Å². The van der Waals surface area contributed by atoms with E-state index in [0.29, 0.717) is 5.82 Å². The molecule has 0 aliphatic carbocycles. The van der Waals surface area contributed by atoms with E-state index in [1.54, 1.807) is 15.9 Å². The second kappa shape index (κ2) is 6.72. The van der Waals surface area contributed by atoms with E-state index < -0.39 is 0 Å². The Bertz CT molecular complexity index is 1150. The first-order valence-corrected chi connectivity index (χ1v) is 10.4. The van der Waals surface area contributed by atoms with Crippen molar-refractivity contribution in [2.24, 2.45) is 0 Å². The average molecular weight is 392 g/mol. The molecule has 142 valence electrons. The molecule has 0 saturated heterocycles. The Balaban J connectivity index is 1.62. The summed E-state index contributed by atoms with van der Waals surface area (Å²) in [4.78, 5) is 7.60. The van der Waals surface area contributed by atoms with Crippen molar-refractivity contribution < 1.29 is 10.0 Å². The quantitative estimate of drug-likeness (QED) is 0.565. The molecule has 3 heterocycles. The number of hydrogen-bond acceptors (Lipinski definition) is 4. The minimum atomic E-state index is 0.0581. The van der Waals surface area contributed by atoms with Crippen molar-refractivity contribution in [3.63, 3.8) is 0 Å². The van der Waals surface area contributed by atoms with Crippen molar-refractivity contribution in [1.82, 2.24) is 14.6 Å². The van der Waals surface area contributed by atoms with Crippen LogP contribution in [-0.2, 0) is 13.0 Å². The molecule has 1 unspecified atom stereocenters. The number of aromatic nitrogens is 3. The molecule has 5 rings (SSSR count). The summed E-state index contributed by atoms with van der Waals surface area (Å²) < 4.78 is 1.58. The fraction of sp³-hybridized carbons (Fsp3) is 0.273. The molecule has 0 spiro atoms. The van der Waals surface area contributed by atoms with Crippen LogP contribution in [0.2, 0.25) is 0 Å². The lowest BCUT2D eigenvalue weighted by Crippen LogP contribution is -3.12. The smallest absolute Gasteiger partial charge is 0.235 e. The molecule has 0 saturated carbocycles. The first kappa shape index (κ1) is 17.4. The van der Waals surface area contributed by atoms with E-state index in [1.165, 1.54) is 27.2 Å². The van der Waals surface area contributed by atoms with Gasteiger partial charge in [-0.05, 0) is 19.4 Å². The Morgan fingerprint density at radius 3 is 2.57 bits per heavy atom. The van der Waals surface area contributed by atoms with Gasteiger partial charge in [-0.15, -0.1) is 5.10 Å². The number of quaternary nitrogens is 1. The minimum absolute atomic E-state index is 0.0581. The molecule has 0 fully saturated rings. The van der Waals surface area contributed by atoms with Crippen LogP contribution in [0.1, 0.15) is 39.0 Å². The monoisotopic (exact) mass is 391 g/mol. The number of thiazole rings is 1. The molecule has 2 N–H and O–H groups in total. The van der Waals surface area contributed by atoms with Gasteiger partial charge >= 0.3 is 0 Å². The number of benzene rings is 2. The summed E-state index contributed by atoms with van der Waals surface area (Å²) in [5.41, 5.74) is 5.30. The second-order valence-electron chi connectivity index (χ2n) is 7.59. The predicted octanol–water partition coefficient (Wildman–Crippen LogP) is 2.84. The van der Waals surface area contributed by atoms with Crippen molar-refractivity contribution in [3.05, 3.63) is 81.5 Å². The summed E-state index contributed by atoms with van der Waals surface area (Å²) in [5, 5.41) is 15.3. The molecule has 0 bridgehead atoms. The van der Waals surface area contributed by atoms with Crippen LogP contribution >= 0.6 is 11.3 Å². The van der Waals surface area contributed by atoms with Crippen molar-refractivity contribution >= 4 is 16.3 Å². The van der Waals surface area contributed by atoms with E-state index in [-0.39, 0.29) is 11.9 Å². The van der Waals surface area contributed by atoms with E-state index >= 15 is 0 Å². The summed E-state index contributed by atoms with van der Waals surface area (Å²) in [6, 6.07) is 17.4. The van der Waals surface area contributed by atoms with Gasteiger partial charge in [0.2, 0.25) is 10.8 Å². The molecule has 1 aliphatic heterocycles. The van der Waals surface area contributed by atoms with Gasteiger partial charge < -0.3 is 10.0 Å². The summed E-state index contributed by atoms with van der Waals surface area (Å²) in [7, 11) is 0. The third-order valence-electron chi connectivity index (χ3n) is 5.64. The van der Waals surface area contributed by atoms with Gasteiger partial charge in [0.1, 0.15) is 17.2 Å². The number of nitrogens with zero attached hydrogens (tertiary/aromatic N) is 3. The zero-order valence-corrected chi connectivity index (χ0v) is 16.8. The number of hydrogen-bond donors (Lipinski definition) is 2. The highest BCUT2D eigenvalue weighted by Gasteiger charge is 2.34. The third kappa shape index (κ3) is 2.89. The van der Waals surface area contributed by atoms with Gasteiger partial charge in [-0.25, -0.2) is 4.98 Å². The van der Waals surface area contributed by atoms with E-state index in [9.17, 15) is 5.11 Å². The second-order valence-corrected chi connectivity index (χ2v) is 8.60. The van der Waals surface area contributed by atoms with Gasteiger partial charge in [0, 0.05) is 17.5 Å². The SMILES string of the molecule is Cc1ccc([C@@H](c2sc3nc(C)nn3c2O)[NH+]2CCc3ccccc3C2)cc1. The van der Waals surface area contributed by atoms with E-state index in [1.807, 2.05) is 6.92 Å². The molecule has 4 aromatic rings. The first-order valence-electron chi connectivity index (χ1n) is 9.63. The molecular formula is C22H23N4OS+. The lowest BCUT2D eigenvalue weighted by molar-refractivity contribution is -0.940. The van der Waals surface area contributed by atoms with E-state index in [4.69, 9.17) is 0 Å². The van der Waals surface area contributed by atoms with Crippen LogP contribution in [0.3, 0.4) is 0 Å².